The Hall–Kier alpha value is 0.290. The van der Waals surface area contributed by atoms with Gasteiger partial charge < -0.3 is 10.2 Å². The fourth-order valence-corrected chi connectivity index (χ4v) is 0.755. The molecule has 0 aliphatic heterocycles. The average molecular weight is 374 g/mol. The van der Waals surface area contributed by atoms with E-state index in [1.54, 1.807) is 0 Å². The Morgan fingerprint density at radius 3 is 1.00 bits per heavy atom. The monoisotopic (exact) mass is 374 g/mol. The van der Waals surface area contributed by atoms with Gasteiger partial charge in [0, 0.05) is 69.4 Å². The Morgan fingerprint density at radius 2 is 0.875 bits per heavy atom. The van der Waals surface area contributed by atoms with Gasteiger partial charge in [0.15, 0.2) is 0 Å². The van der Waals surface area contributed by atoms with Crippen molar-refractivity contribution < 1.29 is 89.2 Å². The van der Waals surface area contributed by atoms with E-state index in [0.29, 0.717) is 0 Å². The second-order valence-corrected chi connectivity index (χ2v) is 2.19. The third-order valence-electron chi connectivity index (χ3n) is 1.38. The Balaban J connectivity index is -0.000000180. The van der Waals surface area contributed by atoms with Crippen LogP contribution in [0.4, 0.5) is 0 Å². The second-order valence-electron chi connectivity index (χ2n) is 2.19. The molecule has 0 atom stereocenters. The molecule has 0 aliphatic rings. The van der Waals surface area contributed by atoms with Crippen molar-refractivity contribution in [3.05, 3.63) is 35.4 Å². The van der Waals surface area contributed by atoms with Crippen LogP contribution in [0.15, 0.2) is 24.3 Å². The topological polar surface area (TPSA) is 74.6 Å². The van der Waals surface area contributed by atoms with E-state index >= 15 is 0 Å². The summed E-state index contributed by atoms with van der Waals surface area (Å²) in [5.41, 5.74) is 0.167. The van der Waals surface area contributed by atoms with Gasteiger partial charge in [-0.05, 0) is 24.3 Å². The molecular formula is C8H6Cr4O4. The summed E-state index contributed by atoms with van der Waals surface area (Å²) in [7, 11) is 0. The van der Waals surface area contributed by atoms with Gasteiger partial charge in [0.2, 0.25) is 0 Å². The number of benzene rings is 1. The average Bonchev–Trinajstić information content (AvgIpc) is 2.04. The molecule has 0 amide bonds. The van der Waals surface area contributed by atoms with E-state index in [1.165, 1.54) is 24.3 Å². The number of hydrogen-bond donors (Lipinski definition) is 2. The largest absolute Gasteiger partial charge is 0.478 e. The summed E-state index contributed by atoms with van der Waals surface area (Å²) in [5.74, 6) is -2.13. The Labute approximate surface area is 136 Å². The third kappa shape index (κ3) is 7.54. The van der Waals surface area contributed by atoms with Gasteiger partial charge in [-0.25, -0.2) is 9.59 Å². The van der Waals surface area contributed by atoms with E-state index in [2.05, 4.69) is 0 Å². The fourth-order valence-electron chi connectivity index (χ4n) is 0.755. The van der Waals surface area contributed by atoms with Crippen LogP contribution in [0.5, 0.6) is 0 Å². The quantitative estimate of drug-likeness (QED) is 0.813. The molecule has 86 valence electrons. The molecule has 1 rings (SSSR count). The van der Waals surface area contributed by atoms with Crippen molar-refractivity contribution in [2.45, 2.75) is 0 Å². The van der Waals surface area contributed by atoms with E-state index in [1.807, 2.05) is 0 Å². The third-order valence-corrected chi connectivity index (χ3v) is 1.38. The van der Waals surface area contributed by atoms with Crippen LogP contribution in [0.3, 0.4) is 0 Å². The minimum absolute atomic E-state index is 0. The predicted octanol–water partition coefficient (Wildman–Crippen LogP) is 1.07. The van der Waals surface area contributed by atoms with E-state index in [-0.39, 0.29) is 80.6 Å². The zero-order chi connectivity index (χ0) is 9.14. The van der Waals surface area contributed by atoms with E-state index < -0.39 is 11.9 Å². The SMILES string of the molecule is O=C(O)c1ccc(C(=O)O)cc1.[Cr].[Cr].[Cr].[Cr]. The van der Waals surface area contributed by atoms with Crippen molar-refractivity contribution in [3.8, 4) is 0 Å². The Bertz CT molecular complexity index is 292. The molecule has 0 aliphatic carbocycles. The molecule has 2 N–H and O–H groups in total. The first-order valence-electron chi connectivity index (χ1n) is 3.18. The fraction of sp³-hybridized carbons (Fsp3) is 0. The van der Waals surface area contributed by atoms with Crippen molar-refractivity contribution in [1.29, 1.82) is 0 Å². The summed E-state index contributed by atoms with van der Waals surface area (Å²) in [6.45, 7) is 0. The number of rotatable bonds is 2. The molecule has 1 aromatic carbocycles. The van der Waals surface area contributed by atoms with Gasteiger partial charge in [0.1, 0.15) is 0 Å². The van der Waals surface area contributed by atoms with Gasteiger partial charge in [-0.3, -0.25) is 0 Å². The number of hydrogen-bond acceptors (Lipinski definition) is 2. The van der Waals surface area contributed by atoms with Crippen LogP contribution in [0.2, 0.25) is 0 Å². The molecule has 0 fully saturated rings. The summed E-state index contributed by atoms with van der Waals surface area (Å²) < 4.78 is 0. The van der Waals surface area contributed by atoms with Crippen LogP contribution in [0, 0.1) is 0 Å². The molecule has 0 unspecified atom stereocenters. The summed E-state index contributed by atoms with van der Waals surface area (Å²) in [6, 6.07) is 5.02. The van der Waals surface area contributed by atoms with Gasteiger partial charge in [-0.1, -0.05) is 0 Å². The normalized spacial score (nSPS) is 7.00. The van der Waals surface area contributed by atoms with Crippen LogP contribution >= 0.6 is 0 Å². The Morgan fingerprint density at radius 1 is 0.688 bits per heavy atom. The second kappa shape index (κ2) is 11.8. The summed E-state index contributed by atoms with van der Waals surface area (Å²) in [5, 5.41) is 16.9. The zero-order valence-electron chi connectivity index (χ0n) is 7.65. The van der Waals surface area contributed by atoms with Crippen LogP contribution in [-0.2, 0) is 69.4 Å². The van der Waals surface area contributed by atoms with Crippen molar-refractivity contribution >= 4 is 11.9 Å². The van der Waals surface area contributed by atoms with E-state index in [0.717, 1.165) is 0 Å². The number of carboxylic acids is 2. The molecule has 0 heterocycles. The number of carboxylic acid groups (broad SMARTS) is 2. The van der Waals surface area contributed by atoms with Crippen LogP contribution in [0.25, 0.3) is 0 Å². The zero-order valence-corrected chi connectivity index (χ0v) is 12.8. The maximum atomic E-state index is 10.3. The smallest absolute Gasteiger partial charge is 0.335 e. The van der Waals surface area contributed by atoms with Crippen LogP contribution < -0.4 is 0 Å². The first kappa shape index (κ1) is 25.2. The van der Waals surface area contributed by atoms with Gasteiger partial charge in [0.05, 0.1) is 11.1 Å². The van der Waals surface area contributed by atoms with Gasteiger partial charge in [-0.2, -0.15) is 0 Å². The molecule has 1 aromatic rings. The molecule has 0 saturated heterocycles. The summed E-state index contributed by atoms with van der Waals surface area (Å²) >= 11 is 0. The molecule has 16 heavy (non-hydrogen) atoms. The summed E-state index contributed by atoms with van der Waals surface area (Å²) in [6.07, 6.45) is 0. The van der Waals surface area contributed by atoms with Crippen molar-refractivity contribution in [3.63, 3.8) is 0 Å². The first-order valence-corrected chi connectivity index (χ1v) is 3.18. The van der Waals surface area contributed by atoms with Crippen LogP contribution in [-0.4, -0.2) is 22.2 Å². The molecule has 4 nitrogen and oxygen atoms in total. The first-order chi connectivity index (χ1) is 5.61. The van der Waals surface area contributed by atoms with Crippen molar-refractivity contribution in [2.75, 3.05) is 0 Å². The van der Waals surface area contributed by atoms with E-state index in [9.17, 15) is 9.59 Å². The minimum Gasteiger partial charge on any atom is -0.478 e. The number of carbonyl (C=O) groups is 2. The molecule has 0 radical (unpaired) electrons. The standard InChI is InChI=1S/C8H6O4.4Cr/c9-7(10)5-1-2-6(4-3-5)8(11)12;;;;/h1-4H,(H,9,10)(H,11,12);;;;. The maximum absolute atomic E-state index is 10.3. The predicted molar refractivity (Wildman–Crippen MR) is 40.4 cm³/mol. The van der Waals surface area contributed by atoms with Crippen molar-refractivity contribution in [2.24, 2.45) is 0 Å². The van der Waals surface area contributed by atoms with Crippen molar-refractivity contribution in [1.82, 2.24) is 0 Å². The van der Waals surface area contributed by atoms with Crippen LogP contribution in [0.1, 0.15) is 20.7 Å². The molecule has 0 spiro atoms. The van der Waals surface area contributed by atoms with Gasteiger partial charge in [0.25, 0.3) is 0 Å². The molecule has 0 bridgehead atoms. The number of aromatic carboxylic acids is 2. The van der Waals surface area contributed by atoms with E-state index in [4.69, 9.17) is 10.2 Å². The molecule has 0 saturated carbocycles. The minimum atomic E-state index is -1.06. The van der Waals surface area contributed by atoms with Gasteiger partial charge in [-0.15, -0.1) is 0 Å². The van der Waals surface area contributed by atoms with Gasteiger partial charge >= 0.3 is 11.9 Å². The maximum Gasteiger partial charge on any atom is 0.335 e. The Kier molecular flexibility index (Phi) is 18.5. The molecular weight excluding hydrogens is 368 g/mol. The molecule has 8 heteroatoms. The summed E-state index contributed by atoms with van der Waals surface area (Å²) in [4.78, 5) is 20.7. The molecule has 0 aromatic heterocycles.